The normalized spacial score (nSPS) is 9.83. The van der Waals surface area contributed by atoms with Gasteiger partial charge in [0.2, 0.25) is 5.95 Å². The van der Waals surface area contributed by atoms with Crippen molar-refractivity contribution in [3.05, 3.63) is 40.8 Å². The zero-order valence-electron chi connectivity index (χ0n) is 8.98. The van der Waals surface area contributed by atoms with Crippen molar-refractivity contribution in [1.29, 1.82) is 5.26 Å². The van der Waals surface area contributed by atoms with Crippen molar-refractivity contribution in [1.82, 2.24) is 9.97 Å². The Hall–Kier alpha value is -2.39. The van der Waals surface area contributed by atoms with Crippen molar-refractivity contribution < 1.29 is 4.39 Å². The van der Waals surface area contributed by atoms with Crippen molar-refractivity contribution >= 4 is 29.1 Å². The summed E-state index contributed by atoms with van der Waals surface area (Å²) in [5, 5.41) is 11.8. The van der Waals surface area contributed by atoms with Gasteiger partial charge in [-0.1, -0.05) is 11.6 Å². The molecule has 5 nitrogen and oxygen atoms in total. The fourth-order valence-electron chi connectivity index (χ4n) is 1.34. The summed E-state index contributed by atoms with van der Waals surface area (Å²) in [5.74, 6) is -0.195. The second-order valence-electron chi connectivity index (χ2n) is 3.37. The number of benzene rings is 1. The van der Waals surface area contributed by atoms with Crippen LogP contribution in [0.3, 0.4) is 0 Å². The molecule has 0 aliphatic carbocycles. The molecule has 0 spiro atoms. The van der Waals surface area contributed by atoms with Crippen LogP contribution < -0.4 is 11.1 Å². The number of hydrogen-bond donors (Lipinski definition) is 2. The van der Waals surface area contributed by atoms with Crippen molar-refractivity contribution in [3.8, 4) is 6.07 Å². The minimum atomic E-state index is -0.580. The minimum Gasteiger partial charge on any atom is -0.368 e. The Kier molecular flexibility index (Phi) is 3.26. The van der Waals surface area contributed by atoms with Crippen molar-refractivity contribution in [3.63, 3.8) is 0 Å². The third-order valence-electron chi connectivity index (χ3n) is 2.07. The Morgan fingerprint density at radius 2 is 2.11 bits per heavy atom. The highest BCUT2D eigenvalue weighted by Gasteiger charge is 2.05. The largest absolute Gasteiger partial charge is 0.368 e. The third kappa shape index (κ3) is 2.64. The third-order valence-corrected chi connectivity index (χ3v) is 2.27. The summed E-state index contributed by atoms with van der Waals surface area (Å²) in [6, 6.07) is 7.24. The Morgan fingerprint density at radius 1 is 1.33 bits per heavy atom. The van der Waals surface area contributed by atoms with Gasteiger partial charge in [0.25, 0.3) is 0 Å². The van der Waals surface area contributed by atoms with Crippen LogP contribution in [0.15, 0.2) is 24.3 Å². The number of nitrogen functional groups attached to an aromatic ring is 1. The molecule has 0 saturated carbocycles. The molecular formula is C11H7ClFN5. The molecule has 3 N–H and O–H groups in total. The van der Waals surface area contributed by atoms with E-state index in [0.717, 1.165) is 0 Å². The van der Waals surface area contributed by atoms with Gasteiger partial charge in [0, 0.05) is 11.8 Å². The first kappa shape index (κ1) is 12.1. The molecule has 1 heterocycles. The molecule has 0 aliphatic heterocycles. The summed E-state index contributed by atoms with van der Waals surface area (Å²) in [6.45, 7) is 0. The number of nitriles is 1. The lowest BCUT2D eigenvalue weighted by atomic mass is 10.2. The van der Waals surface area contributed by atoms with Crippen LogP contribution in [0.4, 0.5) is 21.8 Å². The van der Waals surface area contributed by atoms with Gasteiger partial charge < -0.3 is 11.1 Å². The summed E-state index contributed by atoms with van der Waals surface area (Å²) < 4.78 is 13.1. The van der Waals surface area contributed by atoms with E-state index in [4.69, 9.17) is 22.6 Å². The van der Waals surface area contributed by atoms with E-state index in [2.05, 4.69) is 15.3 Å². The highest BCUT2D eigenvalue weighted by molar-refractivity contribution is 6.29. The zero-order valence-corrected chi connectivity index (χ0v) is 9.74. The molecule has 0 radical (unpaired) electrons. The maximum Gasteiger partial charge on any atom is 0.223 e. The van der Waals surface area contributed by atoms with E-state index >= 15 is 0 Å². The molecule has 2 aromatic rings. The number of nitrogens with one attached hydrogen (secondary N) is 1. The van der Waals surface area contributed by atoms with Crippen LogP contribution >= 0.6 is 11.6 Å². The van der Waals surface area contributed by atoms with Crippen LogP contribution in [0.1, 0.15) is 5.56 Å². The molecule has 0 bridgehead atoms. The van der Waals surface area contributed by atoms with Crippen LogP contribution in [-0.4, -0.2) is 9.97 Å². The minimum absolute atomic E-state index is 0.0209. The van der Waals surface area contributed by atoms with Gasteiger partial charge in [-0.3, -0.25) is 0 Å². The molecule has 90 valence electrons. The number of hydrogen-bond acceptors (Lipinski definition) is 5. The Morgan fingerprint density at radius 3 is 2.78 bits per heavy atom. The second kappa shape index (κ2) is 4.85. The van der Waals surface area contributed by atoms with Crippen LogP contribution in [0.5, 0.6) is 0 Å². The number of halogens is 2. The van der Waals surface area contributed by atoms with Crippen molar-refractivity contribution in [2.75, 3.05) is 11.1 Å². The lowest BCUT2D eigenvalue weighted by Gasteiger charge is -2.06. The summed E-state index contributed by atoms with van der Waals surface area (Å²) in [7, 11) is 0. The molecule has 1 aromatic heterocycles. The Bertz CT molecular complexity index is 618. The fraction of sp³-hybridized carbons (Fsp3) is 0. The van der Waals surface area contributed by atoms with Gasteiger partial charge in [-0.05, 0) is 18.2 Å². The molecule has 18 heavy (non-hydrogen) atoms. The predicted molar refractivity (Wildman–Crippen MR) is 65.9 cm³/mol. The Labute approximate surface area is 107 Å². The summed E-state index contributed by atoms with van der Waals surface area (Å²) in [4.78, 5) is 7.61. The van der Waals surface area contributed by atoms with Gasteiger partial charge >= 0.3 is 0 Å². The highest BCUT2D eigenvalue weighted by Crippen LogP contribution is 2.20. The summed E-state index contributed by atoms with van der Waals surface area (Å²) >= 11 is 5.72. The van der Waals surface area contributed by atoms with E-state index in [1.54, 1.807) is 6.07 Å². The van der Waals surface area contributed by atoms with Crippen LogP contribution in [0.25, 0.3) is 0 Å². The topological polar surface area (TPSA) is 87.6 Å². The lowest BCUT2D eigenvalue weighted by molar-refractivity contribution is 0.624. The number of rotatable bonds is 2. The SMILES string of the molecule is N#Cc1cc(Nc2cc(Cl)nc(N)n2)ccc1F. The molecule has 0 saturated heterocycles. The van der Waals surface area contributed by atoms with Gasteiger partial charge in [-0.25, -0.2) is 9.37 Å². The zero-order chi connectivity index (χ0) is 13.1. The molecule has 2 rings (SSSR count). The van der Waals surface area contributed by atoms with E-state index in [1.807, 2.05) is 0 Å². The lowest BCUT2D eigenvalue weighted by Crippen LogP contribution is -2.00. The first-order valence-electron chi connectivity index (χ1n) is 4.85. The highest BCUT2D eigenvalue weighted by atomic mass is 35.5. The average molecular weight is 264 g/mol. The maximum atomic E-state index is 13.1. The summed E-state index contributed by atoms with van der Waals surface area (Å²) in [6.07, 6.45) is 0. The standard InChI is InChI=1S/C11H7ClFN5/c12-9-4-10(18-11(15)17-9)16-7-1-2-8(13)6(3-7)5-14/h1-4H,(H3,15,16,17,18). The quantitative estimate of drug-likeness (QED) is 0.813. The smallest absolute Gasteiger partial charge is 0.223 e. The van der Waals surface area contributed by atoms with E-state index in [1.165, 1.54) is 24.3 Å². The second-order valence-corrected chi connectivity index (χ2v) is 3.75. The average Bonchev–Trinajstić information content (AvgIpc) is 2.30. The number of anilines is 3. The molecular weight excluding hydrogens is 257 g/mol. The van der Waals surface area contributed by atoms with Crippen LogP contribution in [0, 0.1) is 17.1 Å². The first-order valence-corrected chi connectivity index (χ1v) is 5.23. The van der Waals surface area contributed by atoms with E-state index in [-0.39, 0.29) is 16.7 Å². The predicted octanol–water partition coefficient (Wildman–Crippen LogP) is 2.47. The first-order chi connectivity index (χ1) is 8.58. The number of nitrogens with zero attached hydrogens (tertiary/aromatic N) is 3. The van der Waals surface area contributed by atoms with E-state index < -0.39 is 5.82 Å². The molecule has 0 unspecified atom stereocenters. The van der Waals surface area contributed by atoms with Crippen molar-refractivity contribution in [2.45, 2.75) is 0 Å². The van der Waals surface area contributed by atoms with Crippen molar-refractivity contribution in [2.24, 2.45) is 0 Å². The molecule has 0 fully saturated rings. The maximum absolute atomic E-state index is 13.1. The molecule has 0 amide bonds. The van der Waals surface area contributed by atoms with Gasteiger partial charge in [0.1, 0.15) is 22.9 Å². The van der Waals surface area contributed by atoms with Gasteiger partial charge in [-0.15, -0.1) is 0 Å². The van der Waals surface area contributed by atoms with Gasteiger partial charge in [-0.2, -0.15) is 10.2 Å². The fourth-order valence-corrected chi connectivity index (χ4v) is 1.53. The van der Waals surface area contributed by atoms with Gasteiger partial charge in [0.15, 0.2) is 0 Å². The van der Waals surface area contributed by atoms with E-state index in [0.29, 0.717) is 11.5 Å². The van der Waals surface area contributed by atoms with Crippen LogP contribution in [0.2, 0.25) is 5.15 Å². The van der Waals surface area contributed by atoms with E-state index in [9.17, 15) is 4.39 Å². The van der Waals surface area contributed by atoms with Crippen LogP contribution in [-0.2, 0) is 0 Å². The molecule has 7 heteroatoms. The Balaban J connectivity index is 2.31. The molecule has 1 aromatic carbocycles. The summed E-state index contributed by atoms with van der Waals surface area (Å²) in [5.41, 5.74) is 5.87. The molecule has 0 atom stereocenters. The monoisotopic (exact) mass is 263 g/mol. The number of aromatic nitrogens is 2. The number of nitrogens with two attached hydrogens (primary N) is 1. The van der Waals surface area contributed by atoms with Gasteiger partial charge in [0.05, 0.1) is 5.56 Å². The molecule has 0 aliphatic rings.